The highest BCUT2D eigenvalue weighted by atomic mass is 16.6. The van der Waals surface area contributed by atoms with Gasteiger partial charge in [-0.05, 0) is 18.9 Å². The smallest absolute Gasteiger partial charge is 0.326 e. The normalized spacial score (nSPS) is 14.1. The van der Waals surface area contributed by atoms with Crippen molar-refractivity contribution in [3.8, 4) is 0 Å². The standard InChI is InChI=1S/C17H19N3O7/c1-9(2)7-18-15(22)10(3)27-13(21)8-19-16(23)11-5-4-6-12(20(25)26)14(11)17(19)24/h4-6,9-10H,7-8H2,1-3H3,(H,18,22). The number of ether oxygens (including phenoxy) is 1. The molecule has 1 N–H and O–H groups in total. The summed E-state index contributed by atoms with van der Waals surface area (Å²) in [5, 5.41) is 13.7. The van der Waals surface area contributed by atoms with Crippen LogP contribution in [0.3, 0.4) is 0 Å². The molecule has 1 unspecified atom stereocenters. The summed E-state index contributed by atoms with van der Waals surface area (Å²) in [5.74, 6) is -3.04. The molecule has 0 radical (unpaired) electrons. The molecular weight excluding hydrogens is 358 g/mol. The number of benzene rings is 1. The Hall–Kier alpha value is -3.30. The largest absolute Gasteiger partial charge is 0.451 e. The molecule has 0 saturated heterocycles. The van der Waals surface area contributed by atoms with Crippen LogP contribution in [-0.4, -0.2) is 52.7 Å². The second kappa shape index (κ2) is 7.94. The highest BCUT2D eigenvalue weighted by Crippen LogP contribution is 2.30. The lowest BCUT2D eigenvalue weighted by atomic mass is 10.1. The van der Waals surface area contributed by atoms with Crippen molar-refractivity contribution in [2.45, 2.75) is 26.9 Å². The Labute approximate surface area is 154 Å². The van der Waals surface area contributed by atoms with Crippen molar-refractivity contribution in [3.63, 3.8) is 0 Å². The minimum Gasteiger partial charge on any atom is -0.451 e. The fourth-order valence-corrected chi connectivity index (χ4v) is 2.48. The van der Waals surface area contributed by atoms with E-state index in [1.807, 2.05) is 13.8 Å². The molecule has 0 spiro atoms. The molecule has 1 atom stereocenters. The predicted molar refractivity (Wildman–Crippen MR) is 91.9 cm³/mol. The first-order chi connectivity index (χ1) is 12.6. The van der Waals surface area contributed by atoms with Crippen molar-refractivity contribution in [1.82, 2.24) is 10.2 Å². The Morgan fingerprint density at radius 2 is 1.89 bits per heavy atom. The molecule has 10 nitrogen and oxygen atoms in total. The number of hydrogen-bond donors (Lipinski definition) is 1. The fourth-order valence-electron chi connectivity index (χ4n) is 2.48. The monoisotopic (exact) mass is 377 g/mol. The van der Waals surface area contributed by atoms with Crippen LogP contribution in [-0.2, 0) is 14.3 Å². The molecular formula is C17H19N3O7. The number of hydrogen-bond acceptors (Lipinski definition) is 7. The van der Waals surface area contributed by atoms with Crippen LogP contribution >= 0.6 is 0 Å². The number of rotatable bonds is 7. The van der Waals surface area contributed by atoms with Crippen LogP contribution in [0.15, 0.2) is 18.2 Å². The maximum Gasteiger partial charge on any atom is 0.326 e. The Kier molecular flexibility index (Phi) is 5.88. The van der Waals surface area contributed by atoms with E-state index in [4.69, 9.17) is 4.74 Å². The van der Waals surface area contributed by atoms with E-state index in [-0.39, 0.29) is 17.0 Å². The van der Waals surface area contributed by atoms with E-state index < -0.39 is 47.0 Å². The van der Waals surface area contributed by atoms with Crippen LogP contribution in [0.4, 0.5) is 5.69 Å². The molecule has 1 heterocycles. The van der Waals surface area contributed by atoms with Crippen LogP contribution < -0.4 is 5.32 Å². The van der Waals surface area contributed by atoms with Gasteiger partial charge in [0.25, 0.3) is 23.4 Å². The van der Waals surface area contributed by atoms with Crippen molar-refractivity contribution in [2.24, 2.45) is 5.92 Å². The summed E-state index contributed by atoms with van der Waals surface area (Å²) in [6.45, 7) is 4.83. The average Bonchev–Trinajstić information content (AvgIpc) is 2.84. The molecule has 0 aliphatic carbocycles. The molecule has 0 bridgehead atoms. The van der Waals surface area contributed by atoms with Gasteiger partial charge in [0.1, 0.15) is 12.1 Å². The van der Waals surface area contributed by atoms with Gasteiger partial charge in [-0.25, -0.2) is 0 Å². The van der Waals surface area contributed by atoms with Crippen molar-refractivity contribution in [3.05, 3.63) is 39.4 Å². The minimum atomic E-state index is -1.11. The third kappa shape index (κ3) is 4.27. The predicted octanol–water partition coefficient (Wildman–Crippen LogP) is 0.895. The Balaban J connectivity index is 2.06. The van der Waals surface area contributed by atoms with Gasteiger partial charge in [-0.15, -0.1) is 0 Å². The van der Waals surface area contributed by atoms with Crippen molar-refractivity contribution in [2.75, 3.05) is 13.1 Å². The first-order valence-corrected chi connectivity index (χ1v) is 8.24. The molecule has 1 aromatic rings. The van der Waals surface area contributed by atoms with Crippen molar-refractivity contribution >= 4 is 29.4 Å². The molecule has 0 fully saturated rings. The molecule has 3 amide bonds. The van der Waals surface area contributed by atoms with Crippen LogP contribution in [0, 0.1) is 16.0 Å². The Bertz CT molecular complexity index is 819. The van der Waals surface area contributed by atoms with E-state index in [0.717, 1.165) is 6.07 Å². The van der Waals surface area contributed by atoms with Gasteiger partial charge in [0.15, 0.2) is 6.10 Å². The first-order valence-electron chi connectivity index (χ1n) is 8.24. The highest BCUT2D eigenvalue weighted by Gasteiger charge is 2.42. The SMILES string of the molecule is CC(C)CNC(=O)C(C)OC(=O)CN1C(=O)c2cccc([N+](=O)[O-])c2C1=O. The third-order valence-electron chi connectivity index (χ3n) is 3.82. The summed E-state index contributed by atoms with van der Waals surface area (Å²) in [7, 11) is 0. The number of imide groups is 1. The summed E-state index contributed by atoms with van der Waals surface area (Å²) in [6, 6.07) is 3.66. The van der Waals surface area contributed by atoms with Gasteiger partial charge in [-0.2, -0.15) is 0 Å². The fraction of sp³-hybridized carbons (Fsp3) is 0.412. The van der Waals surface area contributed by atoms with Gasteiger partial charge in [-0.3, -0.25) is 34.2 Å². The molecule has 0 saturated carbocycles. The molecule has 10 heteroatoms. The number of amides is 3. The van der Waals surface area contributed by atoms with Gasteiger partial charge in [0, 0.05) is 12.6 Å². The number of carbonyl (C=O) groups excluding carboxylic acids is 4. The zero-order valence-corrected chi connectivity index (χ0v) is 15.1. The van der Waals surface area contributed by atoms with E-state index in [2.05, 4.69) is 5.32 Å². The molecule has 1 aromatic carbocycles. The van der Waals surface area contributed by atoms with E-state index in [9.17, 15) is 29.3 Å². The zero-order chi connectivity index (χ0) is 20.3. The lowest BCUT2D eigenvalue weighted by molar-refractivity contribution is -0.385. The lowest BCUT2D eigenvalue weighted by Gasteiger charge is -2.17. The third-order valence-corrected chi connectivity index (χ3v) is 3.82. The second-order valence-electron chi connectivity index (χ2n) is 6.42. The zero-order valence-electron chi connectivity index (χ0n) is 15.1. The van der Waals surface area contributed by atoms with Gasteiger partial charge in [0.2, 0.25) is 0 Å². The van der Waals surface area contributed by atoms with Crippen LogP contribution in [0.1, 0.15) is 41.5 Å². The van der Waals surface area contributed by atoms with E-state index in [0.29, 0.717) is 11.4 Å². The van der Waals surface area contributed by atoms with Gasteiger partial charge >= 0.3 is 5.97 Å². The van der Waals surface area contributed by atoms with E-state index in [1.54, 1.807) is 0 Å². The topological polar surface area (TPSA) is 136 Å². The Morgan fingerprint density at radius 1 is 1.22 bits per heavy atom. The van der Waals surface area contributed by atoms with Crippen LogP contribution in [0.2, 0.25) is 0 Å². The number of esters is 1. The maximum absolute atomic E-state index is 12.4. The quantitative estimate of drug-likeness (QED) is 0.322. The van der Waals surface area contributed by atoms with Gasteiger partial charge in [0.05, 0.1) is 10.5 Å². The molecule has 1 aliphatic heterocycles. The second-order valence-corrected chi connectivity index (χ2v) is 6.42. The number of nitro benzene ring substituents is 1. The molecule has 2 rings (SSSR count). The van der Waals surface area contributed by atoms with E-state index >= 15 is 0 Å². The Morgan fingerprint density at radius 3 is 2.48 bits per heavy atom. The number of carbonyl (C=O) groups is 4. The maximum atomic E-state index is 12.4. The average molecular weight is 377 g/mol. The van der Waals surface area contributed by atoms with Crippen LogP contribution in [0.25, 0.3) is 0 Å². The van der Waals surface area contributed by atoms with Crippen molar-refractivity contribution < 1.29 is 28.8 Å². The number of nitro groups is 1. The molecule has 27 heavy (non-hydrogen) atoms. The van der Waals surface area contributed by atoms with Gasteiger partial charge < -0.3 is 10.1 Å². The molecule has 144 valence electrons. The number of nitrogens with one attached hydrogen (secondary N) is 1. The molecule has 1 aliphatic rings. The van der Waals surface area contributed by atoms with Crippen LogP contribution in [0.5, 0.6) is 0 Å². The first kappa shape index (κ1) is 20.0. The van der Waals surface area contributed by atoms with Gasteiger partial charge in [-0.1, -0.05) is 19.9 Å². The summed E-state index contributed by atoms with van der Waals surface area (Å²) in [4.78, 5) is 59.4. The number of fused-ring (bicyclic) bond motifs is 1. The summed E-state index contributed by atoms with van der Waals surface area (Å²) in [5.41, 5.74) is -1.02. The van der Waals surface area contributed by atoms with Crippen molar-refractivity contribution in [1.29, 1.82) is 0 Å². The number of nitrogens with zero attached hydrogens (tertiary/aromatic N) is 2. The summed E-state index contributed by atoms with van der Waals surface area (Å²) in [6.07, 6.45) is -1.11. The highest BCUT2D eigenvalue weighted by molar-refractivity contribution is 6.24. The minimum absolute atomic E-state index is 0.148. The lowest BCUT2D eigenvalue weighted by Crippen LogP contribution is -2.41. The summed E-state index contributed by atoms with van der Waals surface area (Å²) >= 11 is 0. The van der Waals surface area contributed by atoms with E-state index in [1.165, 1.54) is 19.1 Å². The summed E-state index contributed by atoms with van der Waals surface area (Å²) < 4.78 is 4.95. The molecule has 0 aromatic heterocycles.